The monoisotopic (exact) mass is 715 g/mol. The molecule has 14 nitrogen and oxygen atoms in total. The van der Waals surface area contributed by atoms with Crippen molar-refractivity contribution in [3.63, 3.8) is 0 Å². The summed E-state index contributed by atoms with van der Waals surface area (Å²) in [4.78, 5) is 57.1. The lowest BCUT2D eigenvalue weighted by atomic mass is 9.81. The first-order chi connectivity index (χ1) is 24.2. The van der Waals surface area contributed by atoms with E-state index in [1.807, 2.05) is 45.4 Å². The minimum absolute atomic E-state index is 0.188. The third-order valence-electron chi connectivity index (χ3n) is 10.3. The average Bonchev–Trinajstić information content (AvgIpc) is 3.57. The number of halogens is 1. The first kappa shape index (κ1) is 34.6. The SMILES string of the molecule is Cc1c(NC(=O)c2nc3c(n2C)CCN(C(=O)O)C3C(C)(C)C)cccc1-c1nccc(NC(=O)c2nc3c(n2C)CCN(C2COC2)C3)c1Cl. The van der Waals surface area contributed by atoms with Crippen molar-refractivity contribution in [2.45, 2.75) is 59.2 Å². The van der Waals surface area contributed by atoms with Crippen LogP contribution >= 0.6 is 11.6 Å². The maximum Gasteiger partial charge on any atom is 0.407 e. The Balaban J connectivity index is 1.12. The molecule has 0 spiro atoms. The molecule has 3 aliphatic rings. The fraction of sp³-hybridized carbons (Fsp3) is 0.444. The molecule has 1 aromatic carbocycles. The summed E-state index contributed by atoms with van der Waals surface area (Å²) in [6.07, 6.45) is 1.82. The molecule has 4 aromatic rings. The van der Waals surface area contributed by atoms with Gasteiger partial charge in [0.15, 0.2) is 11.6 Å². The molecule has 1 saturated heterocycles. The molecule has 3 aliphatic heterocycles. The van der Waals surface area contributed by atoms with Crippen LogP contribution in [0.5, 0.6) is 0 Å². The van der Waals surface area contributed by atoms with Crippen LogP contribution in [-0.4, -0.2) is 89.2 Å². The molecule has 268 valence electrons. The third kappa shape index (κ3) is 6.14. The zero-order chi connectivity index (χ0) is 36.4. The number of nitrogens with zero attached hydrogens (tertiary/aromatic N) is 7. The third-order valence-corrected chi connectivity index (χ3v) is 10.7. The number of amides is 3. The number of carboxylic acid groups (broad SMARTS) is 1. The van der Waals surface area contributed by atoms with E-state index < -0.39 is 23.5 Å². The van der Waals surface area contributed by atoms with E-state index in [0.29, 0.717) is 65.3 Å². The molecule has 0 aliphatic carbocycles. The van der Waals surface area contributed by atoms with Crippen LogP contribution in [0.4, 0.5) is 16.2 Å². The molecular weight excluding hydrogens is 674 g/mol. The number of rotatable bonds is 6. The van der Waals surface area contributed by atoms with E-state index in [9.17, 15) is 19.5 Å². The van der Waals surface area contributed by atoms with Gasteiger partial charge in [-0.05, 0) is 30.0 Å². The summed E-state index contributed by atoms with van der Waals surface area (Å²) < 4.78 is 8.97. The van der Waals surface area contributed by atoms with Gasteiger partial charge in [-0.1, -0.05) is 44.5 Å². The Morgan fingerprint density at radius 1 is 0.941 bits per heavy atom. The Morgan fingerprint density at radius 3 is 2.27 bits per heavy atom. The van der Waals surface area contributed by atoms with Gasteiger partial charge in [0.2, 0.25) is 0 Å². The smallest absolute Gasteiger partial charge is 0.407 e. The number of fused-ring (bicyclic) bond motifs is 2. The molecule has 1 fully saturated rings. The standard InChI is InChI=1S/C36H42ClN9O5/c1-19-21(8-7-9-22(19)40-34(48)32-42-29-26(44(32)6)12-15-46(35(49)50)30(29)36(2,3)4)28-27(37)23(10-13-38-28)41-33(47)31-39-24-16-45(20-17-51-18-20)14-11-25(24)43(31)5/h7-10,13,20,30H,11-12,14-18H2,1-6H3,(H,40,48)(H,49,50)(H,38,41,47). The largest absolute Gasteiger partial charge is 0.465 e. The molecule has 6 heterocycles. The van der Waals surface area contributed by atoms with Gasteiger partial charge >= 0.3 is 6.09 Å². The summed E-state index contributed by atoms with van der Waals surface area (Å²) in [5.41, 5.74) is 5.70. The number of hydrogen-bond acceptors (Lipinski definition) is 8. The summed E-state index contributed by atoms with van der Waals surface area (Å²) in [6.45, 7) is 11.1. The minimum Gasteiger partial charge on any atom is -0.465 e. The number of carbonyl (C=O) groups is 3. The van der Waals surface area contributed by atoms with Crippen LogP contribution in [0.25, 0.3) is 11.3 Å². The summed E-state index contributed by atoms with van der Waals surface area (Å²) >= 11 is 6.91. The highest BCUT2D eigenvalue weighted by atomic mass is 35.5. The lowest BCUT2D eigenvalue weighted by Crippen LogP contribution is -2.50. The van der Waals surface area contributed by atoms with Gasteiger partial charge in [-0.2, -0.15) is 0 Å². The molecule has 0 saturated carbocycles. The molecule has 51 heavy (non-hydrogen) atoms. The predicted octanol–water partition coefficient (Wildman–Crippen LogP) is 5.06. The van der Waals surface area contributed by atoms with Gasteiger partial charge < -0.3 is 29.6 Å². The van der Waals surface area contributed by atoms with E-state index in [0.717, 1.165) is 43.3 Å². The molecule has 7 rings (SSSR count). The molecular formula is C36H42ClN9O5. The fourth-order valence-corrected chi connectivity index (χ4v) is 7.73. The van der Waals surface area contributed by atoms with E-state index in [-0.39, 0.29) is 16.8 Å². The van der Waals surface area contributed by atoms with Gasteiger partial charge in [0.05, 0.1) is 53.1 Å². The number of carbonyl (C=O) groups excluding carboxylic acids is 2. The second kappa shape index (κ2) is 13.1. The lowest BCUT2D eigenvalue weighted by molar-refractivity contribution is -0.0700. The van der Waals surface area contributed by atoms with E-state index in [1.165, 1.54) is 4.90 Å². The molecule has 1 atom stereocenters. The maximum atomic E-state index is 13.7. The molecule has 3 aromatic heterocycles. The average molecular weight is 716 g/mol. The van der Waals surface area contributed by atoms with Crippen LogP contribution in [-0.2, 0) is 38.2 Å². The van der Waals surface area contributed by atoms with Crippen LogP contribution in [0, 0.1) is 12.3 Å². The Bertz CT molecular complexity index is 2060. The van der Waals surface area contributed by atoms with Gasteiger partial charge in [0.25, 0.3) is 11.8 Å². The van der Waals surface area contributed by atoms with Crippen molar-refractivity contribution < 1.29 is 24.2 Å². The van der Waals surface area contributed by atoms with E-state index in [1.54, 1.807) is 36.0 Å². The fourth-order valence-electron chi connectivity index (χ4n) is 7.47. The lowest BCUT2D eigenvalue weighted by Gasteiger charge is -2.41. The number of pyridine rings is 1. The zero-order valence-electron chi connectivity index (χ0n) is 29.6. The number of benzene rings is 1. The molecule has 0 radical (unpaired) electrons. The molecule has 3 amide bonds. The van der Waals surface area contributed by atoms with Crippen molar-refractivity contribution >= 4 is 40.9 Å². The summed E-state index contributed by atoms with van der Waals surface area (Å²) in [6, 6.07) is 6.97. The topological polar surface area (TPSA) is 160 Å². The van der Waals surface area contributed by atoms with E-state index >= 15 is 0 Å². The Hall–Kier alpha value is -4.79. The molecule has 1 unspecified atom stereocenters. The van der Waals surface area contributed by atoms with Crippen molar-refractivity contribution in [1.82, 2.24) is 33.9 Å². The van der Waals surface area contributed by atoms with E-state index in [4.69, 9.17) is 26.3 Å². The van der Waals surface area contributed by atoms with Crippen molar-refractivity contribution in [3.05, 3.63) is 75.5 Å². The Labute approximate surface area is 300 Å². The number of imidazole rings is 2. The predicted molar refractivity (Wildman–Crippen MR) is 191 cm³/mol. The maximum absolute atomic E-state index is 13.7. The van der Waals surface area contributed by atoms with Gasteiger partial charge in [-0.3, -0.25) is 24.4 Å². The molecule has 15 heteroatoms. The first-order valence-corrected chi connectivity index (χ1v) is 17.4. The normalized spacial score (nSPS) is 17.8. The molecule has 3 N–H and O–H groups in total. The second-order valence-electron chi connectivity index (χ2n) is 14.5. The quantitative estimate of drug-likeness (QED) is 0.248. The van der Waals surface area contributed by atoms with Crippen LogP contribution in [0.2, 0.25) is 5.02 Å². The number of aromatic nitrogens is 5. The summed E-state index contributed by atoms with van der Waals surface area (Å²) in [5.74, 6) is -0.306. The highest BCUT2D eigenvalue weighted by Crippen LogP contribution is 2.42. The van der Waals surface area contributed by atoms with Crippen molar-refractivity contribution in [2.24, 2.45) is 19.5 Å². The van der Waals surface area contributed by atoms with Crippen LogP contribution < -0.4 is 10.6 Å². The van der Waals surface area contributed by atoms with Crippen LogP contribution in [0.3, 0.4) is 0 Å². The van der Waals surface area contributed by atoms with Crippen molar-refractivity contribution in [2.75, 3.05) is 36.9 Å². The molecule has 0 bridgehead atoms. The van der Waals surface area contributed by atoms with E-state index in [2.05, 4.69) is 20.5 Å². The number of anilines is 2. The van der Waals surface area contributed by atoms with Gasteiger partial charge in [0, 0.05) is 75.4 Å². The first-order valence-electron chi connectivity index (χ1n) is 17.0. The second-order valence-corrected chi connectivity index (χ2v) is 14.9. The minimum atomic E-state index is -1.01. The van der Waals surface area contributed by atoms with Crippen molar-refractivity contribution in [3.8, 4) is 11.3 Å². The van der Waals surface area contributed by atoms with Crippen molar-refractivity contribution in [1.29, 1.82) is 0 Å². The number of ether oxygens (including phenoxy) is 1. The summed E-state index contributed by atoms with van der Waals surface area (Å²) in [5, 5.41) is 16.1. The number of nitrogens with one attached hydrogen (secondary N) is 2. The highest BCUT2D eigenvalue weighted by Gasteiger charge is 2.42. The number of hydrogen-bond donors (Lipinski definition) is 3. The highest BCUT2D eigenvalue weighted by molar-refractivity contribution is 6.36. The van der Waals surface area contributed by atoms with Crippen LogP contribution in [0.1, 0.15) is 76.4 Å². The summed E-state index contributed by atoms with van der Waals surface area (Å²) in [7, 11) is 3.64. The van der Waals surface area contributed by atoms with Gasteiger partial charge in [0.1, 0.15) is 0 Å². The van der Waals surface area contributed by atoms with Gasteiger partial charge in [-0.15, -0.1) is 0 Å². The van der Waals surface area contributed by atoms with Gasteiger partial charge in [-0.25, -0.2) is 14.8 Å². The Morgan fingerprint density at radius 2 is 1.61 bits per heavy atom. The van der Waals surface area contributed by atoms with Crippen LogP contribution in [0.15, 0.2) is 30.5 Å². The Kier molecular flexibility index (Phi) is 8.88. The zero-order valence-corrected chi connectivity index (χ0v) is 30.3.